The predicted molar refractivity (Wildman–Crippen MR) is 110 cm³/mol. The highest BCUT2D eigenvalue weighted by Gasteiger charge is 2.17. The zero-order valence-corrected chi connectivity index (χ0v) is 16.6. The Morgan fingerprint density at radius 1 is 1.18 bits per heavy atom. The van der Waals surface area contributed by atoms with Crippen LogP contribution in [0.4, 0.5) is 13.9 Å². The van der Waals surface area contributed by atoms with Gasteiger partial charge in [-0.05, 0) is 24.6 Å². The molecule has 0 saturated heterocycles. The molecule has 8 heteroatoms. The molecule has 1 atom stereocenters. The third-order valence-corrected chi connectivity index (χ3v) is 5.80. The molecule has 1 N–H and O–H groups in total. The molecule has 2 aromatic carbocycles. The van der Waals surface area contributed by atoms with Crippen molar-refractivity contribution in [2.24, 2.45) is 0 Å². The first-order valence-corrected chi connectivity index (χ1v) is 10.4. The Bertz CT molecular complexity index is 919. The van der Waals surface area contributed by atoms with Gasteiger partial charge in [-0.3, -0.25) is 4.79 Å². The topological polar surface area (TPSA) is 51.2 Å². The van der Waals surface area contributed by atoms with Crippen LogP contribution in [0, 0.1) is 0 Å². The van der Waals surface area contributed by atoms with Gasteiger partial charge in [0.2, 0.25) is 5.91 Å². The van der Waals surface area contributed by atoms with Gasteiger partial charge in [-0.1, -0.05) is 42.5 Å². The molecule has 1 unspecified atom stereocenters. The molecule has 28 heavy (non-hydrogen) atoms. The zero-order chi connectivity index (χ0) is 19.9. The Hall–Kier alpha value is -2.45. The summed E-state index contributed by atoms with van der Waals surface area (Å²) in [4.78, 5) is 16.7. The van der Waals surface area contributed by atoms with Crippen molar-refractivity contribution in [3.8, 4) is 17.0 Å². The number of thioether (sulfide) groups is 1. The number of amides is 1. The predicted octanol–water partition coefficient (Wildman–Crippen LogP) is 5.67. The summed E-state index contributed by atoms with van der Waals surface area (Å²) < 4.78 is 29.7. The largest absolute Gasteiger partial charge is 0.434 e. The minimum Gasteiger partial charge on any atom is -0.434 e. The van der Waals surface area contributed by atoms with Crippen LogP contribution in [0.3, 0.4) is 0 Å². The Morgan fingerprint density at radius 3 is 2.64 bits per heavy atom. The summed E-state index contributed by atoms with van der Waals surface area (Å²) in [5, 5.41) is 4.64. The molecule has 146 valence electrons. The highest BCUT2D eigenvalue weighted by atomic mass is 32.2. The molecule has 0 aliphatic rings. The van der Waals surface area contributed by atoms with Crippen LogP contribution in [-0.4, -0.2) is 22.8 Å². The number of para-hydroxylation sites is 1. The van der Waals surface area contributed by atoms with Gasteiger partial charge in [0.15, 0.2) is 5.13 Å². The fourth-order valence-electron chi connectivity index (χ4n) is 2.41. The zero-order valence-electron chi connectivity index (χ0n) is 15.0. The Labute approximate surface area is 170 Å². The van der Waals surface area contributed by atoms with Crippen LogP contribution >= 0.6 is 23.1 Å². The standard InChI is InChI=1S/C20H18F2N2O2S2/c1-13(27-11-14-7-3-2-4-8-14)18(25)24-20-23-16(12-28-20)15-9-5-6-10-17(15)26-19(21)22/h2-10,12-13,19H,11H2,1H3,(H,23,24,25). The SMILES string of the molecule is CC(SCc1ccccc1)C(=O)Nc1nc(-c2ccccc2OC(F)F)cs1. The van der Waals surface area contributed by atoms with Gasteiger partial charge in [-0.2, -0.15) is 8.78 Å². The van der Waals surface area contributed by atoms with E-state index in [0.717, 1.165) is 11.3 Å². The Kier molecular flexibility index (Phi) is 7.00. The normalized spacial score (nSPS) is 12.0. The fraction of sp³-hybridized carbons (Fsp3) is 0.200. The van der Waals surface area contributed by atoms with Gasteiger partial charge in [0, 0.05) is 16.7 Å². The second-order valence-corrected chi connectivity index (χ2v) is 8.03. The van der Waals surface area contributed by atoms with Crippen LogP contribution in [0.1, 0.15) is 12.5 Å². The molecule has 3 aromatic rings. The van der Waals surface area contributed by atoms with Crippen molar-refractivity contribution in [1.82, 2.24) is 4.98 Å². The molecular weight excluding hydrogens is 402 g/mol. The number of aromatic nitrogens is 1. The number of nitrogens with zero attached hydrogens (tertiary/aromatic N) is 1. The summed E-state index contributed by atoms with van der Waals surface area (Å²) in [5.41, 5.74) is 2.08. The number of halogens is 2. The molecule has 0 fully saturated rings. The van der Waals surface area contributed by atoms with E-state index >= 15 is 0 Å². The van der Waals surface area contributed by atoms with E-state index in [0.29, 0.717) is 16.4 Å². The number of carbonyl (C=O) groups is 1. The van der Waals surface area contributed by atoms with Crippen molar-refractivity contribution in [2.45, 2.75) is 24.5 Å². The minimum atomic E-state index is -2.92. The van der Waals surface area contributed by atoms with E-state index in [9.17, 15) is 13.6 Å². The highest BCUT2D eigenvalue weighted by Crippen LogP contribution is 2.33. The molecule has 1 aromatic heterocycles. The van der Waals surface area contributed by atoms with Gasteiger partial charge in [0.1, 0.15) is 5.75 Å². The molecule has 0 radical (unpaired) electrons. The van der Waals surface area contributed by atoms with E-state index in [-0.39, 0.29) is 16.9 Å². The highest BCUT2D eigenvalue weighted by molar-refractivity contribution is 7.99. The first-order valence-electron chi connectivity index (χ1n) is 8.49. The maximum atomic E-state index is 12.6. The van der Waals surface area contributed by atoms with E-state index in [1.807, 2.05) is 37.3 Å². The second-order valence-electron chi connectivity index (χ2n) is 5.84. The van der Waals surface area contributed by atoms with Gasteiger partial charge in [0.05, 0.1) is 10.9 Å². The lowest BCUT2D eigenvalue weighted by molar-refractivity contribution is -0.115. The van der Waals surface area contributed by atoms with Gasteiger partial charge < -0.3 is 10.1 Å². The maximum Gasteiger partial charge on any atom is 0.387 e. The van der Waals surface area contributed by atoms with Gasteiger partial charge in [0.25, 0.3) is 0 Å². The third kappa shape index (κ3) is 5.53. The van der Waals surface area contributed by atoms with Crippen molar-refractivity contribution in [2.75, 3.05) is 5.32 Å². The van der Waals surface area contributed by atoms with Crippen LogP contribution in [0.2, 0.25) is 0 Å². The minimum absolute atomic E-state index is 0.0486. The molecule has 1 heterocycles. The number of ether oxygens (including phenoxy) is 1. The van der Waals surface area contributed by atoms with Crippen LogP contribution in [-0.2, 0) is 10.5 Å². The molecular formula is C20H18F2N2O2S2. The number of thiazole rings is 1. The number of anilines is 1. The first-order chi connectivity index (χ1) is 13.5. The van der Waals surface area contributed by atoms with E-state index in [4.69, 9.17) is 0 Å². The lowest BCUT2D eigenvalue weighted by Crippen LogP contribution is -2.22. The van der Waals surface area contributed by atoms with Gasteiger partial charge >= 0.3 is 6.61 Å². The summed E-state index contributed by atoms with van der Waals surface area (Å²) in [6.45, 7) is -1.08. The smallest absolute Gasteiger partial charge is 0.387 e. The molecule has 0 saturated carbocycles. The monoisotopic (exact) mass is 420 g/mol. The molecule has 0 aliphatic carbocycles. The van der Waals surface area contributed by atoms with Crippen LogP contribution in [0.5, 0.6) is 5.75 Å². The van der Waals surface area contributed by atoms with Crippen molar-refractivity contribution >= 4 is 34.1 Å². The van der Waals surface area contributed by atoms with E-state index < -0.39 is 6.61 Å². The van der Waals surface area contributed by atoms with E-state index in [1.54, 1.807) is 23.6 Å². The molecule has 3 rings (SSSR count). The summed E-state index contributed by atoms with van der Waals surface area (Å²) in [6.07, 6.45) is 0. The van der Waals surface area contributed by atoms with Crippen molar-refractivity contribution < 1.29 is 18.3 Å². The average molecular weight is 421 g/mol. The number of hydrogen-bond acceptors (Lipinski definition) is 5. The average Bonchev–Trinajstić information content (AvgIpc) is 3.15. The lowest BCUT2D eigenvalue weighted by atomic mass is 10.1. The van der Waals surface area contributed by atoms with Gasteiger partial charge in [-0.25, -0.2) is 4.98 Å². The van der Waals surface area contributed by atoms with Crippen LogP contribution in [0.15, 0.2) is 60.0 Å². The summed E-state index contributed by atoms with van der Waals surface area (Å²) in [6, 6.07) is 16.4. The molecule has 1 amide bonds. The first kappa shape index (κ1) is 20.3. The van der Waals surface area contributed by atoms with Crippen molar-refractivity contribution in [3.05, 3.63) is 65.5 Å². The second kappa shape index (κ2) is 9.66. The van der Waals surface area contributed by atoms with E-state index in [1.165, 1.54) is 29.2 Å². The van der Waals surface area contributed by atoms with Crippen molar-refractivity contribution in [1.29, 1.82) is 0 Å². The number of benzene rings is 2. The molecule has 0 aliphatic heterocycles. The van der Waals surface area contributed by atoms with Crippen LogP contribution in [0.25, 0.3) is 11.3 Å². The fourth-order valence-corrected chi connectivity index (χ4v) is 3.97. The third-order valence-electron chi connectivity index (χ3n) is 3.83. The summed E-state index contributed by atoms with van der Waals surface area (Å²) >= 11 is 2.77. The molecule has 0 spiro atoms. The van der Waals surface area contributed by atoms with Crippen LogP contribution < -0.4 is 10.1 Å². The lowest BCUT2D eigenvalue weighted by Gasteiger charge is -2.10. The number of carbonyl (C=O) groups excluding carboxylic acids is 1. The summed E-state index contributed by atoms with van der Waals surface area (Å²) in [7, 11) is 0. The summed E-state index contributed by atoms with van der Waals surface area (Å²) in [5.74, 6) is 0.628. The number of hydrogen-bond donors (Lipinski definition) is 1. The Balaban J connectivity index is 1.62. The van der Waals surface area contributed by atoms with E-state index in [2.05, 4.69) is 15.0 Å². The number of rotatable bonds is 8. The maximum absolute atomic E-state index is 12.6. The molecule has 0 bridgehead atoms. The quantitative estimate of drug-likeness (QED) is 0.510. The Morgan fingerprint density at radius 2 is 1.89 bits per heavy atom. The number of nitrogens with one attached hydrogen (secondary N) is 1. The van der Waals surface area contributed by atoms with Gasteiger partial charge in [-0.15, -0.1) is 23.1 Å². The van der Waals surface area contributed by atoms with Crippen molar-refractivity contribution in [3.63, 3.8) is 0 Å². The number of alkyl halides is 2. The molecule has 4 nitrogen and oxygen atoms in total.